The Morgan fingerprint density at radius 3 is 2.41 bits per heavy atom. The largest absolute Gasteiger partial charge is 0.347 e. The van der Waals surface area contributed by atoms with Crippen LogP contribution in [0.1, 0.15) is 40.7 Å². The van der Waals surface area contributed by atoms with Crippen molar-refractivity contribution in [3.8, 4) is 22.5 Å². The zero-order valence-corrected chi connectivity index (χ0v) is 22.7. The predicted octanol–water partition coefficient (Wildman–Crippen LogP) is 5.00. The van der Waals surface area contributed by atoms with Crippen molar-refractivity contribution >= 4 is 18.5 Å². The summed E-state index contributed by atoms with van der Waals surface area (Å²) in [6.07, 6.45) is 2.53. The molecular formula is C30H31N7OS. The van der Waals surface area contributed by atoms with Crippen molar-refractivity contribution in [2.24, 2.45) is 0 Å². The number of amides is 1. The van der Waals surface area contributed by atoms with E-state index in [4.69, 9.17) is 5.10 Å². The molecule has 0 radical (unpaired) electrons. The summed E-state index contributed by atoms with van der Waals surface area (Å²) in [4.78, 5) is 13.1. The van der Waals surface area contributed by atoms with Gasteiger partial charge in [-0.3, -0.25) is 9.48 Å². The lowest BCUT2D eigenvalue weighted by Crippen LogP contribution is -2.38. The monoisotopic (exact) mass is 537 g/mol. The molecule has 0 aliphatic heterocycles. The number of benzene rings is 3. The van der Waals surface area contributed by atoms with Gasteiger partial charge in [-0.15, -0.1) is 5.10 Å². The van der Waals surface area contributed by atoms with Crippen LogP contribution >= 0.6 is 12.6 Å². The fraction of sp³-hybridized carbons (Fsp3) is 0.233. The summed E-state index contributed by atoms with van der Waals surface area (Å²) in [5, 5.41) is 22.1. The first-order chi connectivity index (χ1) is 19.1. The number of thiol groups is 1. The molecule has 2 N–H and O–H groups in total. The van der Waals surface area contributed by atoms with E-state index >= 15 is 0 Å². The SMILES string of the molecule is CCCc1cc(C(=O)N[C@@H](CS)Cc2ccccc2)nn1Cc1ccc(-c2ccccc2-c2nnn[nH]2)cc1. The molecular weight excluding hydrogens is 506 g/mol. The number of tetrazole rings is 1. The third-order valence-electron chi connectivity index (χ3n) is 6.61. The molecule has 5 aromatic rings. The van der Waals surface area contributed by atoms with E-state index in [2.05, 4.69) is 88.0 Å². The number of aromatic amines is 1. The van der Waals surface area contributed by atoms with Gasteiger partial charge < -0.3 is 5.32 Å². The van der Waals surface area contributed by atoms with Crippen LogP contribution in [0.4, 0.5) is 0 Å². The Kier molecular flexibility index (Phi) is 8.48. The molecule has 0 aliphatic carbocycles. The Morgan fingerprint density at radius 1 is 0.974 bits per heavy atom. The van der Waals surface area contributed by atoms with Gasteiger partial charge in [-0.25, -0.2) is 5.10 Å². The second kappa shape index (κ2) is 12.5. The summed E-state index contributed by atoms with van der Waals surface area (Å²) in [7, 11) is 0. The predicted molar refractivity (Wildman–Crippen MR) is 156 cm³/mol. The highest BCUT2D eigenvalue weighted by Gasteiger charge is 2.18. The van der Waals surface area contributed by atoms with Crippen LogP contribution in [0, 0.1) is 0 Å². The molecule has 0 saturated heterocycles. The maximum absolute atomic E-state index is 13.1. The van der Waals surface area contributed by atoms with Gasteiger partial charge in [-0.05, 0) is 51.6 Å². The topological polar surface area (TPSA) is 101 Å². The molecule has 0 saturated carbocycles. The van der Waals surface area contributed by atoms with Crippen molar-refractivity contribution in [1.82, 2.24) is 35.7 Å². The van der Waals surface area contributed by atoms with Gasteiger partial charge in [-0.1, -0.05) is 92.2 Å². The molecule has 198 valence electrons. The third-order valence-corrected chi connectivity index (χ3v) is 7.05. The molecule has 39 heavy (non-hydrogen) atoms. The second-order valence-electron chi connectivity index (χ2n) is 9.46. The smallest absolute Gasteiger partial charge is 0.272 e. The summed E-state index contributed by atoms with van der Waals surface area (Å²) in [6, 6.07) is 28.4. The van der Waals surface area contributed by atoms with Gasteiger partial charge in [0.25, 0.3) is 5.91 Å². The van der Waals surface area contributed by atoms with Gasteiger partial charge in [0.1, 0.15) is 5.69 Å². The molecule has 0 fully saturated rings. The normalized spacial score (nSPS) is 11.8. The first-order valence-electron chi connectivity index (χ1n) is 13.1. The molecule has 3 aromatic carbocycles. The second-order valence-corrected chi connectivity index (χ2v) is 9.83. The molecule has 9 heteroatoms. The summed E-state index contributed by atoms with van der Waals surface area (Å²) >= 11 is 4.46. The zero-order chi connectivity index (χ0) is 27.0. The molecule has 5 rings (SSSR count). The minimum absolute atomic E-state index is 0.0776. The van der Waals surface area contributed by atoms with Crippen LogP contribution in [0.25, 0.3) is 22.5 Å². The van der Waals surface area contributed by atoms with E-state index in [-0.39, 0.29) is 11.9 Å². The minimum Gasteiger partial charge on any atom is -0.347 e. The van der Waals surface area contributed by atoms with E-state index in [1.807, 2.05) is 47.1 Å². The van der Waals surface area contributed by atoms with Gasteiger partial charge in [0.15, 0.2) is 5.82 Å². The highest BCUT2D eigenvalue weighted by atomic mass is 32.1. The average molecular weight is 538 g/mol. The maximum Gasteiger partial charge on any atom is 0.272 e. The van der Waals surface area contributed by atoms with Crippen LogP contribution in [0.2, 0.25) is 0 Å². The fourth-order valence-corrected chi connectivity index (χ4v) is 4.88. The summed E-state index contributed by atoms with van der Waals surface area (Å²) in [5.41, 5.74) is 6.79. The van der Waals surface area contributed by atoms with Crippen LogP contribution < -0.4 is 5.32 Å². The van der Waals surface area contributed by atoms with E-state index in [0.29, 0.717) is 23.8 Å². The average Bonchev–Trinajstić information content (AvgIpc) is 3.65. The van der Waals surface area contributed by atoms with E-state index in [1.54, 1.807) is 0 Å². The van der Waals surface area contributed by atoms with Crippen molar-refractivity contribution < 1.29 is 4.79 Å². The lowest BCUT2D eigenvalue weighted by Gasteiger charge is -2.16. The molecule has 1 atom stereocenters. The third kappa shape index (κ3) is 6.43. The van der Waals surface area contributed by atoms with E-state index < -0.39 is 0 Å². The number of hydrogen-bond donors (Lipinski definition) is 3. The van der Waals surface area contributed by atoms with Gasteiger partial charge >= 0.3 is 0 Å². The number of carbonyl (C=O) groups is 1. The fourth-order valence-electron chi connectivity index (χ4n) is 4.66. The lowest BCUT2D eigenvalue weighted by atomic mass is 9.98. The van der Waals surface area contributed by atoms with Crippen LogP contribution in [0.15, 0.2) is 84.9 Å². The highest BCUT2D eigenvalue weighted by molar-refractivity contribution is 7.80. The molecule has 8 nitrogen and oxygen atoms in total. The summed E-state index contributed by atoms with van der Waals surface area (Å²) in [5.74, 6) is 1.01. The van der Waals surface area contributed by atoms with Crippen LogP contribution in [0.3, 0.4) is 0 Å². The molecule has 0 spiro atoms. The number of aryl methyl sites for hydroxylation is 1. The first kappa shape index (κ1) is 26.4. The van der Waals surface area contributed by atoms with Crippen LogP contribution in [0.5, 0.6) is 0 Å². The van der Waals surface area contributed by atoms with Gasteiger partial charge in [0.05, 0.1) is 6.54 Å². The van der Waals surface area contributed by atoms with Crippen molar-refractivity contribution in [1.29, 1.82) is 0 Å². The Morgan fingerprint density at radius 2 is 1.72 bits per heavy atom. The first-order valence-corrected chi connectivity index (χ1v) is 13.7. The Hall–Kier alpha value is -4.24. The molecule has 2 aromatic heterocycles. The van der Waals surface area contributed by atoms with Crippen molar-refractivity contribution in [2.45, 2.75) is 38.8 Å². The zero-order valence-electron chi connectivity index (χ0n) is 21.8. The quantitative estimate of drug-likeness (QED) is 0.206. The molecule has 0 aliphatic rings. The Labute approximate surface area is 233 Å². The standard InChI is InChI=1S/C30H31N7OS/c1-2-8-25-18-28(30(38)31-24(20-39)17-21-9-4-3-5-10-21)34-37(25)19-22-13-15-23(16-14-22)26-11-6-7-12-27(26)29-32-35-36-33-29/h3-7,9-16,18,24,39H,2,8,17,19-20H2,1H3,(H,31,38)(H,32,33,35,36)/t24-/m1/s1. The number of aromatic nitrogens is 6. The van der Waals surface area contributed by atoms with Crippen LogP contribution in [-0.4, -0.2) is 48.1 Å². The molecule has 0 unspecified atom stereocenters. The highest BCUT2D eigenvalue weighted by Crippen LogP contribution is 2.29. The number of nitrogens with one attached hydrogen (secondary N) is 2. The molecule has 0 bridgehead atoms. The minimum atomic E-state index is -0.171. The number of carbonyl (C=O) groups excluding carboxylic acids is 1. The van der Waals surface area contributed by atoms with Crippen molar-refractivity contribution in [3.63, 3.8) is 0 Å². The Balaban J connectivity index is 1.31. The maximum atomic E-state index is 13.1. The van der Waals surface area contributed by atoms with E-state index in [1.165, 1.54) is 0 Å². The number of nitrogens with zero attached hydrogens (tertiary/aromatic N) is 5. The number of H-pyrrole nitrogens is 1. The van der Waals surface area contributed by atoms with Crippen LogP contribution in [-0.2, 0) is 19.4 Å². The van der Waals surface area contributed by atoms with E-state index in [0.717, 1.165) is 52.8 Å². The molecule has 1 amide bonds. The number of hydrogen-bond acceptors (Lipinski definition) is 6. The van der Waals surface area contributed by atoms with Gasteiger partial charge in [-0.2, -0.15) is 17.7 Å². The summed E-state index contributed by atoms with van der Waals surface area (Å²) in [6.45, 7) is 2.71. The molecule has 2 heterocycles. The van der Waals surface area contributed by atoms with Crippen molar-refractivity contribution in [3.05, 3.63) is 107 Å². The lowest BCUT2D eigenvalue weighted by molar-refractivity contribution is 0.0935. The van der Waals surface area contributed by atoms with E-state index in [9.17, 15) is 4.79 Å². The van der Waals surface area contributed by atoms with Crippen molar-refractivity contribution in [2.75, 3.05) is 5.75 Å². The van der Waals surface area contributed by atoms with Gasteiger partial charge in [0.2, 0.25) is 0 Å². The Bertz CT molecular complexity index is 1500. The number of rotatable bonds is 11. The van der Waals surface area contributed by atoms with Gasteiger partial charge in [0, 0.05) is 23.1 Å². The summed E-state index contributed by atoms with van der Waals surface area (Å²) < 4.78 is 1.94.